The number of rotatable bonds is 3. The van der Waals surface area contributed by atoms with Gasteiger partial charge in [-0.3, -0.25) is 4.79 Å². The minimum Gasteiger partial charge on any atom is -0.464 e. The van der Waals surface area contributed by atoms with Gasteiger partial charge in [0.25, 0.3) is 0 Å². The Morgan fingerprint density at radius 3 is 2.60 bits per heavy atom. The summed E-state index contributed by atoms with van der Waals surface area (Å²) in [5.41, 5.74) is 0. The van der Waals surface area contributed by atoms with Crippen LogP contribution in [0.3, 0.4) is 0 Å². The van der Waals surface area contributed by atoms with Crippen LogP contribution in [0.2, 0.25) is 0 Å². The van der Waals surface area contributed by atoms with Crippen molar-refractivity contribution in [2.75, 3.05) is 18.9 Å². The molecule has 0 aromatic carbocycles. The minimum absolute atomic E-state index is 0.0708. The monoisotopic (exact) mass is 303 g/mol. The highest BCUT2D eigenvalue weighted by Crippen LogP contribution is 2.26. The highest BCUT2D eigenvalue weighted by Gasteiger charge is 2.43. The predicted molar refractivity (Wildman–Crippen MR) is 72.8 cm³/mol. The first-order valence-corrected chi connectivity index (χ1v) is 8.87. The van der Waals surface area contributed by atoms with Crippen molar-refractivity contribution in [3.05, 3.63) is 0 Å². The maximum atomic E-state index is 12.5. The fourth-order valence-corrected chi connectivity index (χ4v) is 4.79. The van der Waals surface area contributed by atoms with Crippen molar-refractivity contribution in [2.45, 2.75) is 50.3 Å². The third kappa shape index (κ3) is 2.97. The van der Waals surface area contributed by atoms with E-state index in [4.69, 9.17) is 4.74 Å². The average Bonchev–Trinajstić information content (AvgIpc) is 2.87. The maximum Gasteiger partial charge on any atom is 0.328 e. The Balaban J connectivity index is 2.13. The third-order valence-electron chi connectivity index (χ3n) is 3.95. The normalized spacial score (nSPS) is 29.1. The van der Waals surface area contributed by atoms with Crippen molar-refractivity contribution in [3.63, 3.8) is 0 Å². The van der Waals surface area contributed by atoms with Crippen LogP contribution < -0.4 is 0 Å². The van der Waals surface area contributed by atoms with Gasteiger partial charge in [0.05, 0.1) is 12.4 Å². The van der Waals surface area contributed by atoms with Crippen LogP contribution in [-0.4, -0.2) is 55.4 Å². The number of nitrogens with zero attached hydrogens (tertiary/aromatic N) is 1. The Morgan fingerprint density at radius 1 is 1.20 bits per heavy atom. The zero-order valence-electron chi connectivity index (χ0n) is 11.7. The molecule has 2 unspecified atom stereocenters. The van der Waals surface area contributed by atoms with Crippen molar-refractivity contribution >= 4 is 21.7 Å². The smallest absolute Gasteiger partial charge is 0.328 e. The van der Waals surface area contributed by atoms with Crippen LogP contribution in [0.25, 0.3) is 0 Å². The molecule has 2 fully saturated rings. The molecule has 114 valence electrons. The fraction of sp³-hybridized carbons (Fsp3) is 0.846. The molecule has 0 aromatic heterocycles. The van der Waals surface area contributed by atoms with Gasteiger partial charge in [0.15, 0.2) is 9.84 Å². The van der Waals surface area contributed by atoms with Gasteiger partial charge >= 0.3 is 5.97 Å². The van der Waals surface area contributed by atoms with E-state index in [-0.39, 0.29) is 12.4 Å². The van der Waals surface area contributed by atoms with E-state index in [0.29, 0.717) is 32.2 Å². The molecule has 6 nitrogen and oxygen atoms in total. The van der Waals surface area contributed by atoms with E-state index in [2.05, 4.69) is 0 Å². The Kier molecular flexibility index (Phi) is 4.67. The Labute approximate surface area is 119 Å². The van der Waals surface area contributed by atoms with Gasteiger partial charge in [0.1, 0.15) is 11.3 Å². The molecular formula is C13H21NO5S. The van der Waals surface area contributed by atoms with Crippen LogP contribution in [0.15, 0.2) is 0 Å². The SMILES string of the molecule is CCOC(=O)C1CCCN1C(=O)C1CCCCS1(=O)=O. The topological polar surface area (TPSA) is 80.8 Å². The van der Waals surface area contributed by atoms with Crippen LogP contribution in [0, 0.1) is 0 Å². The lowest BCUT2D eigenvalue weighted by molar-refractivity contribution is -0.152. The van der Waals surface area contributed by atoms with Gasteiger partial charge in [-0.2, -0.15) is 0 Å². The molecule has 0 aromatic rings. The molecule has 2 saturated heterocycles. The van der Waals surface area contributed by atoms with Crippen LogP contribution >= 0.6 is 0 Å². The molecule has 0 N–H and O–H groups in total. The Bertz CT molecular complexity index is 487. The quantitative estimate of drug-likeness (QED) is 0.710. The molecule has 0 bridgehead atoms. The molecule has 2 rings (SSSR count). The van der Waals surface area contributed by atoms with Crippen molar-refractivity contribution in [2.24, 2.45) is 0 Å². The number of ether oxygens (including phenoxy) is 1. The number of hydrogen-bond donors (Lipinski definition) is 0. The van der Waals surface area contributed by atoms with Crippen molar-refractivity contribution in [1.29, 1.82) is 0 Å². The number of carbonyl (C=O) groups excluding carboxylic acids is 2. The first-order chi connectivity index (χ1) is 9.47. The van der Waals surface area contributed by atoms with Crippen LogP contribution in [0.1, 0.15) is 39.0 Å². The highest BCUT2D eigenvalue weighted by atomic mass is 32.2. The number of carbonyl (C=O) groups is 2. The molecule has 0 radical (unpaired) electrons. The number of likely N-dealkylation sites (tertiary alicyclic amines) is 1. The van der Waals surface area contributed by atoms with E-state index in [1.54, 1.807) is 6.92 Å². The Morgan fingerprint density at radius 2 is 1.95 bits per heavy atom. The summed E-state index contributed by atoms with van der Waals surface area (Å²) in [6, 6.07) is -0.612. The second-order valence-electron chi connectivity index (χ2n) is 5.29. The summed E-state index contributed by atoms with van der Waals surface area (Å²) < 4.78 is 29.0. The summed E-state index contributed by atoms with van der Waals surface area (Å²) in [6.45, 7) is 2.41. The minimum atomic E-state index is -3.36. The molecule has 0 aliphatic carbocycles. The molecule has 2 atom stereocenters. The number of sulfone groups is 1. The van der Waals surface area contributed by atoms with Gasteiger partial charge in [0.2, 0.25) is 5.91 Å². The number of esters is 1. The van der Waals surface area contributed by atoms with Gasteiger partial charge in [-0.25, -0.2) is 13.2 Å². The van der Waals surface area contributed by atoms with Crippen molar-refractivity contribution < 1.29 is 22.7 Å². The second-order valence-corrected chi connectivity index (χ2v) is 7.60. The first-order valence-electron chi connectivity index (χ1n) is 7.16. The largest absolute Gasteiger partial charge is 0.464 e. The average molecular weight is 303 g/mol. The molecule has 0 spiro atoms. The lowest BCUT2D eigenvalue weighted by Gasteiger charge is -2.29. The summed E-state index contributed by atoms with van der Waals surface area (Å²) >= 11 is 0. The summed E-state index contributed by atoms with van der Waals surface area (Å²) in [7, 11) is -3.36. The van der Waals surface area contributed by atoms with E-state index < -0.39 is 33.0 Å². The Hall–Kier alpha value is -1.11. The predicted octanol–water partition coefficient (Wildman–Crippen LogP) is 0.508. The van der Waals surface area contributed by atoms with E-state index in [1.807, 2.05) is 0 Å². The molecule has 7 heteroatoms. The van der Waals surface area contributed by atoms with E-state index >= 15 is 0 Å². The van der Waals surface area contributed by atoms with Crippen LogP contribution in [0.4, 0.5) is 0 Å². The highest BCUT2D eigenvalue weighted by molar-refractivity contribution is 7.92. The molecule has 2 heterocycles. The summed E-state index contributed by atoms with van der Waals surface area (Å²) in [5.74, 6) is -0.770. The molecule has 2 aliphatic rings. The van der Waals surface area contributed by atoms with E-state index in [1.165, 1.54) is 4.90 Å². The summed E-state index contributed by atoms with van der Waals surface area (Å²) in [6.07, 6.45) is 2.99. The third-order valence-corrected chi connectivity index (χ3v) is 6.11. The summed E-state index contributed by atoms with van der Waals surface area (Å²) in [4.78, 5) is 25.7. The zero-order valence-corrected chi connectivity index (χ0v) is 12.5. The molecule has 2 aliphatic heterocycles. The molecule has 0 saturated carbocycles. The lowest BCUT2D eigenvalue weighted by Crippen LogP contribution is -2.49. The number of amides is 1. The number of hydrogen-bond acceptors (Lipinski definition) is 5. The zero-order chi connectivity index (χ0) is 14.8. The van der Waals surface area contributed by atoms with Crippen molar-refractivity contribution in [1.82, 2.24) is 4.90 Å². The lowest BCUT2D eigenvalue weighted by atomic mass is 10.1. The summed E-state index contributed by atoms with van der Waals surface area (Å²) in [5, 5.41) is -0.966. The van der Waals surface area contributed by atoms with Gasteiger partial charge < -0.3 is 9.64 Å². The molecular weight excluding hydrogens is 282 g/mol. The van der Waals surface area contributed by atoms with E-state index in [0.717, 1.165) is 6.42 Å². The maximum absolute atomic E-state index is 12.5. The standard InChI is InChI=1S/C13H21NO5S/c1-2-19-13(16)10-6-5-8-14(10)12(15)11-7-3-4-9-20(11,17)18/h10-11H,2-9H2,1H3. The fourth-order valence-electron chi connectivity index (χ4n) is 2.93. The molecule has 20 heavy (non-hydrogen) atoms. The van der Waals surface area contributed by atoms with Crippen molar-refractivity contribution in [3.8, 4) is 0 Å². The van der Waals surface area contributed by atoms with E-state index in [9.17, 15) is 18.0 Å². The first kappa shape index (κ1) is 15.3. The van der Waals surface area contributed by atoms with Crippen LogP contribution in [-0.2, 0) is 24.2 Å². The van der Waals surface area contributed by atoms with Gasteiger partial charge in [-0.15, -0.1) is 0 Å². The van der Waals surface area contributed by atoms with Crippen LogP contribution in [0.5, 0.6) is 0 Å². The van der Waals surface area contributed by atoms with Gasteiger partial charge in [-0.05, 0) is 32.6 Å². The molecule has 1 amide bonds. The second kappa shape index (κ2) is 6.11. The van der Waals surface area contributed by atoms with Gasteiger partial charge in [0, 0.05) is 6.54 Å². The van der Waals surface area contributed by atoms with Gasteiger partial charge in [-0.1, -0.05) is 6.42 Å².